The van der Waals surface area contributed by atoms with E-state index in [4.69, 9.17) is 9.97 Å². The van der Waals surface area contributed by atoms with Crippen LogP contribution in [-0.2, 0) is 0 Å². The van der Waals surface area contributed by atoms with Crippen molar-refractivity contribution in [2.45, 2.75) is 66.3 Å². The SMILES string of the molecule is Cc1nc(N2CCCCC2CC#N)c2c(C)c(C)n(-c3c(C)cc(Br)cc3C)c2n1. The van der Waals surface area contributed by atoms with Crippen LogP contribution in [0.3, 0.4) is 0 Å². The highest BCUT2D eigenvalue weighted by Crippen LogP contribution is 2.38. The molecule has 1 aromatic carbocycles. The molecule has 5 nitrogen and oxygen atoms in total. The molecule has 0 N–H and O–H groups in total. The van der Waals surface area contributed by atoms with E-state index >= 15 is 0 Å². The van der Waals surface area contributed by atoms with Crippen molar-refractivity contribution in [1.29, 1.82) is 5.26 Å². The summed E-state index contributed by atoms with van der Waals surface area (Å²) in [5.74, 6) is 1.76. The quantitative estimate of drug-likeness (QED) is 0.475. The number of piperidine rings is 1. The van der Waals surface area contributed by atoms with E-state index in [0.717, 1.165) is 46.5 Å². The van der Waals surface area contributed by atoms with Gasteiger partial charge in [-0.1, -0.05) is 15.9 Å². The lowest BCUT2D eigenvalue weighted by Crippen LogP contribution is -2.40. The lowest BCUT2D eigenvalue weighted by atomic mass is 9.99. The van der Waals surface area contributed by atoms with Crippen LogP contribution in [0.5, 0.6) is 0 Å². The fourth-order valence-electron chi connectivity index (χ4n) is 4.88. The van der Waals surface area contributed by atoms with Crippen molar-refractivity contribution in [3.05, 3.63) is 44.8 Å². The van der Waals surface area contributed by atoms with Gasteiger partial charge in [0.25, 0.3) is 0 Å². The van der Waals surface area contributed by atoms with Crippen molar-refractivity contribution >= 4 is 32.8 Å². The fourth-order valence-corrected chi connectivity index (χ4v) is 5.57. The molecule has 1 atom stereocenters. The minimum atomic E-state index is 0.223. The second kappa shape index (κ2) is 8.03. The van der Waals surface area contributed by atoms with Gasteiger partial charge in [0.15, 0.2) is 5.65 Å². The maximum atomic E-state index is 9.37. The first kappa shape index (κ1) is 20.9. The van der Waals surface area contributed by atoms with Gasteiger partial charge < -0.3 is 4.90 Å². The summed E-state index contributed by atoms with van der Waals surface area (Å²) >= 11 is 3.62. The molecule has 0 amide bonds. The number of anilines is 1. The largest absolute Gasteiger partial charge is 0.352 e. The molecule has 6 heteroatoms. The standard InChI is InChI=1S/C24H28BrN5/c1-14-12-19(25)13-15(2)22(14)30-17(4)16(3)21-23(27-18(5)28-24(21)30)29-11-7-6-8-20(29)9-10-26/h12-13,20H,6-9,11H2,1-5H3. The third kappa shape index (κ3) is 3.39. The highest BCUT2D eigenvalue weighted by molar-refractivity contribution is 9.10. The summed E-state index contributed by atoms with van der Waals surface area (Å²) in [5, 5.41) is 10.5. The average molecular weight is 466 g/mol. The van der Waals surface area contributed by atoms with Crippen LogP contribution in [0.1, 0.15) is 53.9 Å². The van der Waals surface area contributed by atoms with Crippen molar-refractivity contribution in [3.63, 3.8) is 0 Å². The summed E-state index contributed by atoms with van der Waals surface area (Å²) in [4.78, 5) is 12.2. The summed E-state index contributed by atoms with van der Waals surface area (Å²) in [6.07, 6.45) is 3.89. The van der Waals surface area contributed by atoms with E-state index in [0.29, 0.717) is 6.42 Å². The van der Waals surface area contributed by atoms with Crippen LogP contribution in [0.2, 0.25) is 0 Å². The predicted molar refractivity (Wildman–Crippen MR) is 125 cm³/mol. The molecule has 0 aliphatic carbocycles. The Morgan fingerprint density at radius 2 is 1.80 bits per heavy atom. The van der Waals surface area contributed by atoms with Crippen LogP contribution in [0.4, 0.5) is 5.82 Å². The molecular weight excluding hydrogens is 438 g/mol. The van der Waals surface area contributed by atoms with Gasteiger partial charge in [0, 0.05) is 22.8 Å². The average Bonchev–Trinajstić information content (AvgIpc) is 2.92. The van der Waals surface area contributed by atoms with Crippen molar-refractivity contribution in [2.24, 2.45) is 0 Å². The molecule has 1 aliphatic rings. The number of hydrogen-bond acceptors (Lipinski definition) is 4. The zero-order chi connectivity index (χ0) is 21.6. The van der Waals surface area contributed by atoms with E-state index < -0.39 is 0 Å². The summed E-state index contributed by atoms with van der Waals surface area (Å²) in [6.45, 7) is 11.5. The highest BCUT2D eigenvalue weighted by Gasteiger charge is 2.28. The molecular formula is C24H28BrN5. The van der Waals surface area contributed by atoms with Gasteiger partial charge in [-0.2, -0.15) is 5.26 Å². The molecule has 3 aromatic rings. The van der Waals surface area contributed by atoms with E-state index in [1.54, 1.807) is 0 Å². The molecule has 1 aliphatic heterocycles. The van der Waals surface area contributed by atoms with Gasteiger partial charge in [-0.25, -0.2) is 9.97 Å². The van der Waals surface area contributed by atoms with E-state index in [1.807, 2.05) is 6.92 Å². The van der Waals surface area contributed by atoms with Crippen molar-refractivity contribution in [2.75, 3.05) is 11.4 Å². The number of fused-ring (bicyclic) bond motifs is 1. The zero-order valence-corrected chi connectivity index (χ0v) is 20.0. The first-order valence-electron chi connectivity index (χ1n) is 10.6. The smallest absolute Gasteiger partial charge is 0.150 e. The van der Waals surface area contributed by atoms with E-state index in [2.05, 4.69) is 71.3 Å². The van der Waals surface area contributed by atoms with Gasteiger partial charge in [-0.05, 0) is 82.7 Å². The number of rotatable bonds is 3. The molecule has 1 unspecified atom stereocenters. The third-order valence-corrected chi connectivity index (χ3v) is 6.81. The van der Waals surface area contributed by atoms with Crippen LogP contribution in [0.25, 0.3) is 16.7 Å². The lowest BCUT2D eigenvalue weighted by molar-refractivity contribution is 0.462. The molecule has 3 heterocycles. The van der Waals surface area contributed by atoms with Crippen LogP contribution in [0.15, 0.2) is 16.6 Å². The Morgan fingerprint density at radius 3 is 2.47 bits per heavy atom. The summed E-state index contributed by atoms with van der Waals surface area (Å²) < 4.78 is 3.38. The number of hydrogen-bond donors (Lipinski definition) is 0. The lowest BCUT2D eigenvalue weighted by Gasteiger charge is -2.36. The number of nitriles is 1. The highest BCUT2D eigenvalue weighted by atomic mass is 79.9. The monoisotopic (exact) mass is 465 g/mol. The molecule has 4 rings (SSSR count). The van der Waals surface area contributed by atoms with E-state index in [9.17, 15) is 5.26 Å². The van der Waals surface area contributed by atoms with Gasteiger partial charge in [0.05, 0.1) is 23.6 Å². The second-order valence-corrected chi connectivity index (χ2v) is 9.35. The minimum Gasteiger partial charge on any atom is -0.352 e. The number of aromatic nitrogens is 3. The topological polar surface area (TPSA) is 57.7 Å². The number of aryl methyl sites for hydroxylation is 4. The Kier molecular flexibility index (Phi) is 5.59. The molecule has 0 radical (unpaired) electrons. The number of benzene rings is 1. The van der Waals surface area contributed by atoms with Crippen molar-refractivity contribution in [3.8, 4) is 11.8 Å². The predicted octanol–water partition coefficient (Wildman–Crippen LogP) is 6.00. The van der Waals surface area contributed by atoms with Crippen LogP contribution in [0, 0.1) is 45.9 Å². The molecule has 1 fully saturated rings. The van der Waals surface area contributed by atoms with Crippen LogP contribution < -0.4 is 4.90 Å². The maximum Gasteiger partial charge on any atom is 0.150 e. The molecule has 156 valence electrons. The zero-order valence-electron chi connectivity index (χ0n) is 18.4. The Labute approximate surface area is 186 Å². The van der Waals surface area contributed by atoms with E-state index in [-0.39, 0.29) is 6.04 Å². The maximum absolute atomic E-state index is 9.37. The molecule has 0 spiro atoms. The summed E-state index contributed by atoms with van der Waals surface area (Å²) in [6, 6.07) is 6.92. The summed E-state index contributed by atoms with van der Waals surface area (Å²) in [7, 11) is 0. The van der Waals surface area contributed by atoms with Crippen molar-refractivity contribution in [1.82, 2.24) is 14.5 Å². The van der Waals surface area contributed by atoms with E-state index in [1.165, 1.54) is 34.5 Å². The minimum absolute atomic E-state index is 0.223. The molecule has 1 saturated heterocycles. The van der Waals surface area contributed by atoms with Gasteiger partial charge >= 0.3 is 0 Å². The Bertz CT molecular complexity index is 1150. The van der Waals surface area contributed by atoms with Gasteiger partial charge in [0.2, 0.25) is 0 Å². The first-order valence-corrected chi connectivity index (χ1v) is 11.4. The number of nitrogens with zero attached hydrogens (tertiary/aromatic N) is 5. The first-order chi connectivity index (χ1) is 14.3. The molecule has 30 heavy (non-hydrogen) atoms. The normalized spacial score (nSPS) is 16.8. The Balaban J connectivity index is 2.02. The fraction of sp³-hybridized carbons (Fsp3) is 0.458. The molecule has 0 bridgehead atoms. The molecule has 2 aromatic heterocycles. The van der Waals surface area contributed by atoms with Crippen LogP contribution in [-0.4, -0.2) is 27.1 Å². The van der Waals surface area contributed by atoms with Gasteiger partial charge in [0.1, 0.15) is 11.6 Å². The Hall–Kier alpha value is -2.39. The Morgan fingerprint density at radius 1 is 1.10 bits per heavy atom. The second-order valence-electron chi connectivity index (χ2n) is 8.43. The van der Waals surface area contributed by atoms with Crippen LogP contribution >= 0.6 is 15.9 Å². The van der Waals surface area contributed by atoms with Crippen molar-refractivity contribution < 1.29 is 0 Å². The van der Waals surface area contributed by atoms with Gasteiger partial charge in [-0.15, -0.1) is 0 Å². The summed E-state index contributed by atoms with van der Waals surface area (Å²) in [5.41, 5.74) is 6.96. The third-order valence-electron chi connectivity index (χ3n) is 6.35. The molecule has 0 saturated carbocycles. The number of halogens is 1. The van der Waals surface area contributed by atoms with Gasteiger partial charge in [-0.3, -0.25) is 4.57 Å².